The zero-order valence-electron chi connectivity index (χ0n) is 8.78. The van der Waals surface area contributed by atoms with Gasteiger partial charge in [-0.1, -0.05) is 6.07 Å². The molecule has 17 heavy (non-hydrogen) atoms. The van der Waals surface area contributed by atoms with Crippen LogP contribution in [0.5, 0.6) is 0 Å². The van der Waals surface area contributed by atoms with E-state index in [9.17, 15) is 22.8 Å². The monoisotopic (exact) mass is 246 g/mol. The molecule has 1 aromatic carbocycles. The second kappa shape index (κ2) is 4.96. The number of carbonyl (C=O) groups excluding carboxylic acids is 2. The molecular weight excluding hydrogens is 237 g/mol. The second-order valence-corrected chi connectivity index (χ2v) is 3.28. The Labute approximate surface area is 94.8 Å². The molecule has 4 nitrogen and oxygen atoms in total. The van der Waals surface area contributed by atoms with Crippen molar-refractivity contribution in [3.63, 3.8) is 0 Å². The molecule has 0 fully saturated rings. The largest absolute Gasteiger partial charge is 0.317 e. The number of aryl methyl sites for hydroxylation is 1. The first-order valence-corrected chi connectivity index (χ1v) is 4.52. The molecule has 0 saturated carbocycles. The van der Waals surface area contributed by atoms with E-state index in [2.05, 4.69) is 0 Å². The summed E-state index contributed by atoms with van der Waals surface area (Å²) in [6, 6.07) is 3.30. The summed E-state index contributed by atoms with van der Waals surface area (Å²) in [5.41, 5.74) is 0.00917. The van der Waals surface area contributed by atoms with E-state index in [0.717, 1.165) is 6.07 Å². The quantitative estimate of drug-likeness (QED) is 0.485. The fourth-order valence-corrected chi connectivity index (χ4v) is 1.07. The van der Waals surface area contributed by atoms with Crippen molar-refractivity contribution < 1.29 is 22.8 Å². The fourth-order valence-electron chi connectivity index (χ4n) is 1.07. The average molecular weight is 246 g/mol. The molecule has 0 aromatic heterocycles. The summed E-state index contributed by atoms with van der Waals surface area (Å²) >= 11 is 0. The number of imide groups is 1. The number of hydrogen-bond donors (Lipinski definition) is 1. The highest BCUT2D eigenvalue weighted by Gasteiger charge is 2.27. The fraction of sp³-hybridized carbons (Fsp3) is 0.200. The predicted molar refractivity (Wildman–Crippen MR) is 52.5 cm³/mol. The van der Waals surface area contributed by atoms with Gasteiger partial charge in [-0.3, -0.25) is 9.59 Å². The van der Waals surface area contributed by atoms with E-state index in [1.165, 1.54) is 19.1 Å². The van der Waals surface area contributed by atoms with Crippen LogP contribution in [0.4, 0.5) is 13.2 Å². The summed E-state index contributed by atoms with van der Waals surface area (Å²) in [5.74, 6) is 1.20. The van der Waals surface area contributed by atoms with Gasteiger partial charge in [0.25, 0.3) is 5.91 Å². The lowest BCUT2D eigenvalue weighted by atomic mass is 10.1. The van der Waals surface area contributed by atoms with Crippen LogP contribution >= 0.6 is 0 Å². The van der Waals surface area contributed by atoms with Crippen molar-refractivity contribution in [2.75, 3.05) is 0 Å². The summed E-state index contributed by atoms with van der Waals surface area (Å²) in [5, 5.41) is -0.227. The van der Waals surface area contributed by atoms with Crippen LogP contribution < -0.4 is 5.84 Å². The van der Waals surface area contributed by atoms with E-state index in [0.29, 0.717) is 0 Å². The molecule has 2 N–H and O–H groups in total. The number of hydrogen-bond acceptors (Lipinski definition) is 3. The molecule has 0 unspecified atom stereocenters. The molecule has 0 bridgehead atoms. The molecule has 0 aliphatic heterocycles. The van der Waals surface area contributed by atoms with Gasteiger partial charge >= 0.3 is 12.3 Å². The van der Waals surface area contributed by atoms with Gasteiger partial charge in [0.1, 0.15) is 5.82 Å². The van der Waals surface area contributed by atoms with Crippen molar-refractivity contribution in [1.29, 1.82) is 0 Å². The number of nitrogens with zero attached hydrogens (tertiary/aromatic N) is 1. The van der Waals surface area contributed by atoms with Gasteiger partial charge in [-0.15, -0.1) is 0 Å². The molecule has 0 atom stereocenters. The number of alkyl halides is 2. The summed E-state index contributed by atoms with van der Waals surface area (Å²) in [6.45, 7) is 1.47. The minimum Gasteiger partial charge on any atom is -0.267 e. The van der Waals surface area contributed by atoms with Gasteiger partial charge < -0.3 is 0 Å². The first-order valence-electron chi connectivity index (χ1n) is 4.52. The minimum atomic E-state index is -3.39. The Morgan fingerprint density at radius 3 is 2.41 bits per heavy atom. The van der Waals surface area contributed by atoms with Gasteiger partial charge in [-0.2, -0.15) is 8.78 Å². The minimum absolute atomic E-state index is 0.227. The molecule has 0 saturated heterocycles. The Morgan fingerprint density at radius 1 is 1.35 bits per heavy atom. The lowest BCUT2D eigenvalue weighted by Gasteiger charge is -2.14. The smallest absolute Gasteiger partial charge is 0.267 e. The number of hydrazine groups is 1. The van der Waals surface area contributed by atoms with Crippen molar-refractivity contribution in [2.45, 2.75) is 13.3 Å². The second-order valence-electron chi connectivity index (χ2n) is 3.28. The number of nitrogens with two attached hydrogens (primary N) is 1. The lowest BCUT2D eigenvalue weighted by Crippen LogP contribution is -2.45. The maximum atomic E-state index is 13.1. The highest BCUT2D eigenvalue weighted by Crippen LogP contribution is 2.11. The highest BCUT2D eigenvalue weighted by molar-refractivity contribution is 6.04. The van der Waals surface area contributed by atoms with E-state index >= 15 is 0 Å². The van der Waals surface area contributed by atoms with E-state index in [1.807, 2.05) is 0 Å². The van der Waals surface area contributed by atoms with Gasteiger partial charge in [0.15, 0.2) is 0 Å². The number of amides is 2. The Balaban J connectivity index is 2.97. The normalized spacial score (nSPS) is 10.5. The van der Waals surface area contributed by atoms with Gasteiger partial charge in [-0.05, 0) is 24.6 Å². The molecule has 1 aromatic rings. The first kappa shape index (κ1) is 13.2. The molecule has 1 rings (SSSR count). The molecule has 0 heterocycles. The summed E-state index contributed by atoms with van der Waals surface area (Å²) in [7, 11) is 0. The van der Waals surface area contributed by atoms with E-state index < -0.39 is 24.1 Å². The molecule has 0 aliphatic rings. The van der Waals surface area contributed by atoms with Gasteiger partial charge in [-0.25, -0.2) is 15.2 Å². The molecular formula is C10H9F3N2O2. The van der Waals surface area contributed by atoms with Gasteiger partial charge in [0.2, 0.25) is 0 Å². The lowest BCUT2D eigenvalue weighted by molar-refractivity contribution is -0.140. The van der Waals surface area contributed by atoms with Crippen molar-refractivity contribution in [1.82, 2.24) is 5.01 Å². The van der Waals surface area contributed by atoms with Gasteiger partial charge in [0.05, 0.1) is 0 Å². The van der Waals surface area contributed by atoms with Crippen molar-refractivity contribution in [2.24, 2.45) is 5.84 Å². The Morgan fingerprint density at radius 2 is 1.94 bits per heavy atom. The first-order chi connectivity index (χ1) is 7.84. The van der Waals surface area contributed by atoms with Crippen molar-refractivity contribution >= 4 is 11.8 Å². The topological polar surface area (TPSA) is 63.4 Å². The molecule has 0 spiro atoms. The van der Waals surface area contributed by atoms with Crippen LogP contribution in [0.25, 0.3) is 0 Å². The molecule has 7 heteroatoms. The number of benzene rings is 1. The average Bonchev–Trinajstić information content (AvgIpc) is 2.29. The van der Waals surface area contributed by atoms with E-state index in [-0.39, 0.29) is 16.1 Å². The Kier molecular flexibility index (Phi) is 3.84. The molecule has 92 valence electrons. The molecule has 0 radical (unpaired) electrons. The SMILES string of the molecule is Cc1ccc(C(=O)N(N)C(=O)C(F)F)cc1F. The predicted octanol–water partition coefficient (Wildman–Crippen LogP) is 1.24. The zero-order chi connectivity index (χ0) is 13.2. The number of carbonyl (C=O) groups is 2. The maximum absolute atomic E-state index is 13.1. The maximum Gasteiger partial charge on any atom is 0.317 e. The van der Waals surface area contributed by atoms with Gasteiger partial charge in [0, 0.05) is 5.56 Å². The third-order valence-corrected chi connectivity index (χ3v) is 2.06. The van der Waals surface area contributed by atoms with E-state index in [1.54, 1.807) is 0 Å². The third-order valence-electron chi connectivity index (χ3n) is 2.06. The van der Waals surface area contributed by atoms with Crippen LogP contribution in [0.1, 0.15) is 15.9 Å². The van der Waals surface area contributed by atoms with Crippen LogP contribution in [-0.2, 0) is 4.79 Å². The Hall–Kier alpha value is -1.89. The standard InChI is InChI=1S/C10H9F3N2O2/c1-5-2-3-6(4-7(5)11)9(16)15(14)10(17)8(12)13/h2-4,8H,14H2,1H3. The van der Waals surface area contributed by atoms with Crippen molar-refractivity contribution in [3.8, 4) is 0 Å². The van der Waals surface area contributed by atoms with Crippen LogP contribution in [0.2, 0.25) is 0 Å². The summed E-state index contributed by atoms with van der Waals surface area (Å²) < 4.78 is 37.1. The third kappa shape index (κ3) is 2.82. The van der Waals surface area contributed by atoms with Crippen LogP contribution in [0.3, 0.4) is 0 Å². The molecule has 2 amide bonds. The zero-order valence-corrected chi connectivity index (χ0v) is 8.78. The van der Waals surface area contributed by atoms with Crippen LogP contribution in [-0.4, -0.2) is 23.2 Å². The van der Waals surface area contributed by atoms with E-state index in [4.69, 9.17) is 5.84 Å². The highest BCUT2D eigenvalue weighted by atomic mass is 19.3. The Bertz CT molecular complexity index is 463. The summed E-state index contributed by atoms with van der Waals surface area (Å²) in [4.78, 5) is 22.2. The van der Waals surface area contributed by atoms with Crippen LogP contribution in [0.15, 0.2) is 18.2 Å². The van der Waals surface area contributed by atoms with Crippen LogP contribution in [0, 0.1) is 12.7 Å². The number of rotatable bonds is 2. The summed E-state index contributed by atoms with van der Waals surface area (Å²) in [6.07, 6.45) is -3.39. The number of halogens is 3. The molecule has 0 aliphatic carbocycles. The van der Waals surface area contributed by atoms with Crippen molar-refractivity contribution in [3.05, 3.63) is 35.1 Å².